The van der Waals surface area contributed by atoms with E-state index >= 15 is 0 Å². The number of carboxylic acids is 1. The Hall–Kier alpha value is -4.15. The van der Waals surface area contributed by atoms with Gasteiger partial charge in [-0.3, -0.25) is 14.4 Å². The number of aryl methyl sites for hydroxylation is 1. The average Bonchev–Trinajstić information content (AvgIpc) is 3.25. The third-order valence-corrected chi connectivity index (χ3v) is 5.47. The molecule has 2 N–H and O–H groups in total. The highest BCUT2D eigenvalue weighted by Gasteiger charge is 2.32. The number of hydrogen-bond acceptors (Lipinski definition) is 7. The molecule has 176 valence electrons. The first-order chi connectivity index (χ1) is 16.3. The minimum atomic E-state index is -1.00. The average molecular weight is 467 g/mol. The molecule has 0 saturated heterocycles. The van der Waals surface area contributed by atoms with Crippen LogP contribution in [0.4, 0.5) is 10.1 Å². The number of carbonyl (C=O) groups excluding carboxylic acids is 2. The number of carbonyl (C=O) groups is 3. The summed E-state index contributed by atoms with van der Waals surface area (Å²) in [6.07, 6.45) is -0.301. The van der Waals surface area contributed by atoms with Crippen LogP contribution in [0.3, 0.4) is 0 Å². The summed E-state index contributed by atoms with van der Waals surface area (Å²) in [7, 11) is 1.55. The number of likely N-dealkylation sites (N-methyl/N-ethyl adjacent to an activating group) is 1. The molecular formula is C23H22FN5O5. The Balaban J connectivity index is 1.41. The fourth-order valence-corrected chi connectivity index (χ4v) is 3.64. The van der Waals surface area contributed by atoms with E-state index in [1.54, 1.807) is 43.4 Å². The standard InChI is InChI=1S/C23H22FN5O5/c1-29-17-10-13(7-9-20(30)31)6-8-18(17)34-12-16(23(29)33)25-22(32)21-26-19(27-28-21)11-14-4-2-3-5-15(14)24/h2-6,8,10,16,19H,7,9,11-12H2,1H3,(H,25,32)(H,30,31). The number of hydrogen-bond donors (Lipinski definition) is 2. The van der Waals surface area contributed by atoms with E-state index in [4.69, 9.17) is 9.84 Å². The minimum absolute atomic E-state index is 0.0371. The van der Waals surface area contributed by atoms with Crippen molar-refractivity contribution in [1.82, 2.24) is 5.32 Å². The van der Waals surface area contributed by atoms with Crippen molar-refractivity contribution in [3.8, 4) is 5.75 Å². The molecule has 0 aliphatic carbocycles. The van der Waals surface area contributed by atoms with Gasteiger partial charge >= 0.3 is 5.97 Å². The number of nitrogens with one attached hydrogen (secondary N) is 1. The van der Waals surface area contributed by atoms with Gasteiger partial charge in [-0.15, -0.1) is 5.11 Å². The molecule has 2 atom stereocenters. The molecule has 2 aliphatic heterocycles. The molecule has 0 radical (unpaired) electrons. The number of amides is 2. The predicted molar refractivity (Wildman–Crippen MR) is 119 cm³/mol. The van der Waals surface area contributed by atoms with E-state index in [0.717, 1.165) is 5.56 Å². The van der Waals surface area contributed by atoms with Crippen molar-refractivity contribution in [3.63, 3.8) is 0 Å². The summed E-state index contributed by atoms with van der Waals surface area (Å²) in [5.41, 5.74) is 1.63. The fourth-order valence-electron chi connectivity index (χ4n) is 3.64. The number of ether oxygens (including phenoxy) is 1. The van der Waals surface area contributed by atoms with Crippen molar-refractivity contribution in [1.29, 1.82) is 0 Å². The summed E-state index contributed by atoms with van der Waals surface area (Å²) in [6, 6.07) is 10.3. The van der Waals surface area contributed by atoms with Crippen LogP contribution in [0.1, 0.15) is 17.5 Å². The maximum absolute atomic E-state index is 13.9. The SMILES string of the molecule is CN1C(=O)C(NC(=O)C2=NC(Cc3ccccc3F)N=N2)COc2ccc(CCC(=O)O)cc21. The molecule has 2 aromatic rings. The summed E-state index contributed by atoms with van der Waals surface area (Å²) >= 11 is 0. The highest BCUT2D eigenvalue weighted by Crippen LogP contribution is 2.32. The summed E-state index contributed by atoms with van der Waals surface area (Å²) in [4.78, 5) is 42.0. The van der Waals surface area contributed by atoms with Crippen LogP contribution >= 0.6 is 0 Å². The van der Waals surface area contributed by atoms with Crippen LogP contribution in [0.15, 0.2) is 57.7 Å². The second-order valence-electron chi connectivity index (χ2n) is 7.87. The molecule has 4 rings (SSSR count). The number of aliphatic carboxylic acids is 1. The quantitative estimate of drug-likeness (QED) is 0.644. The molecule has 2 aromatic carbocycles. The van der Waals surface area contributed by atoms with E-state index in [1.807, 2.05) is 0 Å². The predicted octanol–water partition coefficient (Wildman–Crippen LogP) is 2.12. The molecule has 0 bridgehead atoms. The van der Waals surface area contributed by atoms with Gasteiger partial charge in [0.05, 0.1) is 5.69 Å². The third kappa shape index (κ3) is 5.08. The van der Waals surface area contributed by atoms with Crippen molar-refractivity contribution in [2.75, 3.05) is 18.6 Å². The number of nitrogens with zero attached hydrogens (tertiary/aromatic N) is 4. The monoisotopic (exact) mass is 467 g/mol. The van der Waals surface area contributed by atoms with Gasteiger partial charge in [-0.25, -0.2) is 9.38 Å². The number of amidine groups is 1. The summed E-state index contributed by atoms with van der Waals surface area (Å²) < 4.78 is 19.6. The van der Waals surface area contributed by atoms with Crippen LogP contribution in [0.5, 0.6) is 5.75 Å². The number of carboxylic acid groups (broad SMARTS) is 1. The van der Waals surface area contributed by atoms with Gasteiger partial charge in [0.1, 0.15) is 24.2 Å². The van der Waals surface area contributed by atoms with E-state index in [1.165, 1.54) is 11.0 Å². The van der Waals surface area contributed by atoms with Crippen LogP contribution in [0, 0.1) is 5.82 Å². The third-order valence-electron chi connectivity index (χ3n) is 5.47. The zero-order chi connectivity index (χ0) is 24.2. The van der Waals surface area contributed by atoms with E-state index in [0.29, 0.717) is 23.4 Å². The lowest BCUT2D eigenvalue weighted by Gasteiger charge is -2.20. The second-order valence-corrected chi connectivity index (χ2v) is 7.87. The van der Waals surface area contributed by atoms with Gasteiger partial charge in [-0.1, -0.05) is 24.3 Å². The Morgan fingerprint density at radius 1 is 1.26 bits per heavy atom. The number of azo groups is 1. The molecule has 11 heteroatoms. The highest BCUT2D eigenvalue weighted by atomic mass is 19.1. The first-order valence-corrected chi connectivity index (χ1v) is 10.6. The van der Waals surface area contributed by atoms with E-state index in [-0.39, 0.29) is 31.1 Å². The lowest BCUT2D eigenvalue weighted by Crippen LogP contribution is -2.50. The topological polar surface area (TPSA) is 133 Å². The van der Waals surface area contributed by atoms with E-state index < -0.39 is 30.0 Å². The van der Waals surface area contributed by atoms with Crippen LogP contribution in [0.25, 0.3) is 0 Å². The van der Waals surface area contributed by atoms with Crippen molar-refractivity contribution >= 4 is 29.3 Å². The van der Waals surface area contributed by atoms with Crippen LogP contribution < -0.4 is 15.0 Å². The molecule has 0 aromatic heterocycles. The second kappa shape index (κ2) is 9.77. The maximum atomic E-state index is 13.9. The molecule has 2 amide bonds. The Morgan fingerprint density at radius 3 is 2.82 bits per heavy atom. The maximum Gasteiger partial charge on any atom is 0.303 e. The summed E-state index contributed by atoms with van der Waals surface area (Å²) in [5.74, 6) is -2.17. The van der Waals surface area contributed by atoms with E-state index in [2.05, 4.69) is 20.5 Å². The van der Waals surface area contributed by atoms with Crippen molar-refractivity contribution in [2.24, 2.45) is 15.2 Å². The Morgan fingerprint density at radius 2 is 2.06 bits per heavy atom. The van der Waals surface area contributed by atoms with Gasteiger partial charge in [0.15, 0.2) is 6.17 Å². The number of benzene rings is 2. The van der Waals surface area contributed by atoms with Gasteiger partial charge in [-0.05, 0) is 35.7 Å². The summed E-state index contributed by atoms with van der Waals surface area (Å²) in [5, 5.41) is 19.2. The van der Waals surface area contributed by atoms with Crippen molar-refractivity contribution in [3.05, 3.63) is 59.4 Å². The molecule has 0 spiro atoms. The fraction of sp³-hybridized carbons (Fsp3) is 0.304. The van der Waals surface area contributed by atoms with Gasteiger partial charge < -0.3 is 20.1 Å². The molecule has 2 unspecified atom stereocenters. The number of fused-ring (bicyclic) bond motifs is 1. The molecular weight excluding hydrogens is 445 g/mol. The number of aliphatic imine (C=N–C) groups is 1. The van der Waals surface area contributed by atoms with Gasteiger partial charge in [-0.2, -0.15) is 5.11 Å². The molecule has 2 heterocycles. The molecule has 10 nitrogen and oxygen atoms in total. The normalized spacial score (nSPS) is 19.2. The largest absolute Gasteiger partial charge is 0.489 e. The molecule has 0 saturated carbocycles. The minimum Gasteiger partial charge on any atom is -0.489 e. The molecule has 2 aliphatic rings. The Labute approximate surface area is 194 Å². The molecule has 34 heavy (non-hydrogen) atoms. The van der Waals surface area contributed by atoms with Crippen LogP contribution in [-0.4, -0.2) is 54.6 Å². The Kier molecular flexibility index (Phi) is 6.62. The number of rotatable bonds is 7. The van der Waals surface area contributed by atoms with Crippen molar-refractivity contribution in [2.45, 2.75) is 31.5 Å². The first kappa shape index (κ1) is 23.0. The van der Waals surface area contributed by atoms with Crippen LogP contribution in [0.2, 0.25) is 0 Å². The van der Waals surface area contributed by atoms with Gasteiger partial charge in [0.2, 0.25) is 5.84 Å². The zero-order valence-corrected chi connectivity index (χ0v) is 18.3. The lowest BCUT2D eigenvalue weighted by molar-refractivity contribution is -0.137. The van der Waals surface area contributed by atoms with Gasteiger partial charge in [0.25, 0.3) is 11.8 Å². The highest BCUT2D eigenvalue weighted by molar-refractivity contribution is 6.38. The zero-order valence-electron chi connectivity index (χ0n) is 18.3. The first-order valence-electron chi connectivity index (χ1n) is 10.6. The van der Waals surface area contributed by atoms with Crippen LogP contribution in [-0.2, 0) is 27.2 Å². The molecule has 0 fully saturated rings. The van der Waals surface area contributed by atoms with E-state index in [9.17, 15) is 18.8 Å². The lowest BCUT2D eigenvalue weighted by atomic mass is 10.1. The summed E-state index contributed by atoms with van der Waals surface area (Å²) in [6.45, 7) is -0.112. The van der Waals surface area contributed by atoms with Crippen molar-refractivity contribution < 1.29 is 28.6 Å². The Bertz CT molecular complexity index is 1200. The van der Waals surface area contributed by atoms with Gasteiger partial charge in [0, 0.05) is 19.9 Å². The smallest absolute Gasteiger partial charge is 0.303 e. The number of anilines is 1. The number of halogens is 1.